The molecular weight excluding hydrogens is 343 g/mol. The Hall–Kier alpha value is -1.63. The lowest BCUT2D eigenvalue weighted by Gasteiger charge is -2.38. The van der Waals surface area contributed by atoms with Gasteiger partial charge in [0.15, 0.2) is 0 Å². The number of rotatable bonds is 5. The lowest BCUT2D eigenvalue weighted by atomic mass is 9.67. The van der Waals surface area contributed by atoms with Gasteiger partial charge in [-0.2, -0.15) is 0 Å². The molecule has 2 aromatic rings. The number of alkyl halides is 1. The number of aryl methyl sites for hydroxylation is 2. The topological polar surface area (TPSA) is 0 Å². The van der Waals surface area contributed by atoms with Crippen LogP contribution >= 0.6 is 0 Å². The van der Waals surface area contributed by atoms with Crippen LogP contribution in [0.3, 0.4) is 0 Å². The number of hydrogen-bond donors (Lipinski definition) is 0. The summed E-state index contributed by atoms with van der Waals surface area (Å²) < 4.78 is 12.5. The average Bonchev–Trinajstić information content (AvgIpc) is 2.75. The molecule has 0 spiro atoms. The van der Waals surface area contributed by atoms with Crippen LogP contribution in [0.5, 0.6) is 0 Å². The molecule has 0 unspecified atom stereocenters. The van der Waals surface area contributed by atoms with Crippen LogP contribution in [0.15, 0.2) is 48.5 Å². The van der Waals surface area contributed by atoms with E-state index in [1.54, 1.807) is 5.56 Å². The van der Waals surface area contributed by atoms with Gasteiger partial charge in [-0.1, -0.05) is 54.1 Å². The fourth-order valence-corrected chi connectivity index (χ4v) is 5.75. The lowest BCUT2D eigenvalue weighted by molar-refractivity contribution is 0.177. The molecule has 0 radical (unpaired) electrons. The van der Waals surface area contributed by atoms with Crippen LogP contribution in [0.4, 0.5) is 4.39 Å². The maximum Gasteiger partial charge on any atom is 0.0934 e. The van der Waals surface area contributed by atoms with Gasteiger partial charge >= 0.3 is 0 Å². The zero-order valence-electron chi connectivity index (χ0n) is 17.4. The molecule has 28 heavy (non-hydrogen) atoms. The first-order chi connectivity index (χ1) is 13.7. The molecule has 2 aromatic carbocycles. The molecule has 0 aromatic heterocycles. The van der Waals surface area contributed by atoms with Crippen molar-refractivity contribution < 1.29 is 4.39 Å². The van der Waals surface area contributed by atoms with Gasteiger partial charge in [0.05, 0.1) is 6.67 Å². The van der Waals surface area contributed by atoms with Gasteiger partial charge in [0.25, 0.3) is 0 Å². The molecular formula is C27H35F. The highest BCUT2D eigenvalue weighted by atomic mass is 19.1. The zero-order valence-corrected chi connectivity index (χ0v) is 17.4. The van der Waals surface area contributed by atoms with Crippen molar-refractivity contribution in [2.24, 2.45) is 11.8 Å². The molecule has 4 rings (SSSR count). The van der Waals surface area contributed by atoms with E-state index in [1.807, 2.05) is 0 Å². The molecule has 0 nitrogen and oxygen atoms in total. The number of halogens is 1. The maximum atomic E-state index is 12.5. The number of benzene rings is 2. The first kappa shape index (κ1) is 19.7. The Morgan fingerprint density at radius 3 is 1.50 bits per heavy atom. The van der Waals surface area contributed by atoms with Crippen LogP contribution in [0, 0.1) is 18.8 Å². The molecule has 0 saturated heterocycles. The fourth-order valence-electron chi connectivity index (χ4n) is 5.75. The Morgan fingerprint density at radius 2 is 1.07 bits per heavy atom. The van der Waals surface area contributed by atoms with Crippen molar-refractivity contribution in [2.45, 2.75) is 76.5 Å². The van der Waals surface area contributed by atoms with Crippen LogP contribution in [-0.2, 0) is 6.42 Å². The minimum absolute atomic E-state index is 0.253. The Balaban J connectivity index is 1.26. The van der Waals surface area contributed by atoms with Gasteiger partial charge in [0.2, 0.25) is 0 Å². The van der Waals surface area contributed by atoms with Crippen molar-refractivity contribution in [1.29, 1.82) is 0 Å². The van der Waals surface area contributed by atoms with E-state index < -0.39 is 0 Å². The van der Waals surface area contributed by atoms with Crippen LogP contribution in [0.2, 0.25) is 0 Å². The highest BCUT2D eigenvalue weighted by Gasteiger charge is 2.31. The first-order valence-electron chi connectivity index (χ1n) is 11.4. The Kier molecular flexibility index (Phi) is 6.50. The maximum absolute atomic E-state index is 12.5. The fraction of sp³-hybridized carbons (Fsp3) is 0.556. The van der Waals surface area contributed by atoms with Gasteiger partial charge in [-0.15, -0.1) is 0 Å². The van der Waals surface area contributed by atoms with E-state index in [9.17, 15) is 4.39 Å². The van der Waals surface area contributed by atoms with Crippen molar-refractivity contribution in [3.63, 3.8) is 0 Å². The second-order valence-electron chi connectivity index (χ2n) is 9.31. The standard InChI is InChI=1S/C27H35F/c1-20-2-6-22(7-3-20)24-10-14-26(15-11-24)27-16-12-25(13-17-27)23-8-4-21(5-9-23)18-19-28/h2-9,24-27H,10-19H2,1H3/t24-,25?,26-,27?. The summed E-state index contributed by atoms with van der Waals surface area (Å²) in [6, 6.07) is 18.0. The predicted molar refractivity (Wildman–Crippen MR) is 117 cm³/mol. The molecule has 0 amide bonds. The van der Waals surface area contributed by atoms with E-state index in [0.717, 1.165) is 29.2 Å². The summed E-state index contributed by atoms with van der Waals surface area (Å²) in [5, 5.41) is 0. The zero-order chi connectivity index (χ0) is 19.3. The van der Waals surface area contributed by atoms with Gasteiger partial charge in [-0.3, -0.25) is 4.39 Å². The summed E-state index contributed by atoms with van der Waals surface area (Å²) in [5.41, 5.74) is 5.53. The van der Waals surface area contributed by atoms with E-state index in [4.69, 9.17) is 0 Å². The van der Waals surface area contributed by atoms with E-state index in [-0.39, 0.29) is 6.67 Å². The second-order valence-corrected chi connectivity index (χ2v) is 9.31. The Morgan fingerprint density at radius 1 is 0.643 bits per heavy atom. The summed E-state index contributed by atoms with van der Waals surface area (Å²) in [6.07, 6.45) is 11.6. The van der Waals surface area contributed by atoms with Gasteiger partial charge in [0.1, 0.15) is 0 Å². The smallest absolute Gasteiger partial charge is 0.0934 e. The van der Waals surface area contributed by atoms with Crippen molar-refractivity contribution in [3.05, 3.63) is 70.8 Å². The highest BCUT2D eigenvalue weighted by molar-refractivity contribution is 5.26. The van der Waals surface area contributed by atoms with E-state index >= 15 is 0 Å². The van der Waals surface area contributed by atoms with Gasteiger partial charge < -0.3 is 0 Å². The molecule has 1 heteroatoms. The lowest BCUT2D eigenvalue weighted by Crippen LogP contribution is -2.25. The van der Waals surface area contributed by atoms with Gasteiger partial charge in [0, 0.05) is 6.42 Å². The first-order valence-corrected chi connectivity index (χ1v) is 11.4. The summed E-state index contributed by atoms with van der Waals surface area (Å²) >= 11 is 0. The Labute approximate surface area is 170 Å². The van der Waals surface area contributed by atoms with Crippen molar-refractivity contribution in [1.82, 2.24) is 0 Å². The molecule has 2 saturated carbocycles. The molecule has 0 bridgehead atoms. The quantitative estimate of drug-likeness (QED) is 0.499. The van der Waals surface area contributed by atoms with E-state index in [2.05, 4.69) is 55.5 Å². The molecule has 2 aliphatic rings. The number of hydrogen-bond acceptors (Lipinski definition) is 0. The summed E-state index contributed by atoms with van der Waals surface area (Å²) in [7, 11) is 0. The minimum atomic E-state index is -0.253. The monoisotopic (exact) mass is 378 g/mol. The van der Waals surface area contributed by atoms with Gasteiger partial charge in [-0.25, -0.2) is 0 Å². The van der Waals surface area contributed by atoms with Crippen molar-refractivity contribution in [2.75, 3.05) is 6.67 Å². The molecule has 2 fully saturated rings. The molecule has 0 atom stereocenters. The van der Waals surface area contributed by atoms with E-state index in [0.29, 0.717) is 6.42 Å². The van der Waals surface area contributed by atoms with E-state index in [1.165, 1.54) is 62.5 Å². The summed E-state index contributed by atoms with van der Waals surface area (Å²) in [5.74, 6) is 3.41. The normalized spacial score (nSPS) is 28.2. The highest BCUT2D eigenvalue weighted by Crippen LogP contribution is 2.45. The molecule has 0 heterocycles. The van der Waals surface area contributed by atoms with Crippen LogP contribution in [0.25, 0.3) is 0 Å². The van der Waals surface area contributed by atoms with Crippen molar-refractivity contribution in [3.8, 4) is 0 Å². The third-order valence-corrected chi connectivity index (χ3v) is 7.59. The third-order valence-electron chi connectivity index (χ3n) is 7.59. The predicted octanol–water partition coefficient (Wildman–Crippen LogP) is 7.75. The van der Waals surface area contributed by atoms with Crippen LogP contribution in [0.1, 0.15) is 85.5 Å². The minimum Gasteiger partial charge on any atom is -0.251 e. The summed E-state index contributed by atoms with van der Waals surface area (Å²) in [4.78, 5) is 0. The van der Waals surface area contributed by atoms with Gasteiger partial charge in [-0.05, 0) is 98.7 Å². The SMILES string of the molecule is Cc1ccc([C@H]2CC[C@H](C3CCC(c4ccc(CCF)cc4)CC3)CC2)cc1. The Bertz CT molecular complexity index is 714. The second kappa shape index (κ2) is 9.25. The van der Waals surface area contributed by atoms with Crippen LogP contribution < -0.4 is 0 Å². The largest absolute Gasteiger partial charge is 0.251 e. The summed E-state index contributed by atoms with van der Waals surface area (Å²) in [6.45, 7) is 1.92. The molecule has 0 aliphatic heterocycles. The average molecular weight is 379 g/mol. The third kappa shape index (κ3) is 4.67. The molecule has 150 valence electrons. The van der Waals surface area contributed by atoms with Crippen LogP contribution in [-0.4, -0.2) is 6.67 Å². The molecule has 2 aliphatic carbocycles. The molecule has 0 N–H and O–H groups in total. The van der Waals surface area contributed by atoms with Crippen molar-refractivity contribution >= 4 is 0 Å².